The zero-order valence-electron chi connectivity index (χ0n) is 13.7. The van der Waals surface area contributed by atoms with E-state index in [9.17, 15) is 9.00 Å². The van der Waals surface area contributed by atoms with Gasteiger partial charge in [-0.2, -0.15) is 0 Å². The van der Waals surface area contributed by atoms with Gasteiger partial charge in [-0.3, -0.25) is 9.11 Å². The summed E-state index contributed by atoms with van der Waals surface area (Å²) < 4.78 is 11.5. The second-order valence-corrected chi connectivity index (χ2v) is 6.97. The number of carbonyl (C=O) groups is 1. The Morgan fingerprint density at radius 1 is 1.00 bits per heavy atom. The van der Waals surface area contributed by atoms with Gasteiger partial charge in [-0.15, -0.1) is 0 Å². The van der Waals surface area contributed by atoms with Crippen LogP contribution in [0.1, 0.15) is 6.92 Å². The van der Waals surface area contributed by atoms with E-state index >= 15 is 0 Å². The Balaban J connectivity index is 2.34. The molecule has 122 valence electrons. The predicted octanol–water partition coefficient (Wildman–Crippen LogP) is 3.64. The van der Waals surface area contributed by atoms with E-state index < -0.39 is 10.8 Å². The summed E-state index contributed by atoms with van der Waals surface area (Å²) >= 11 is 0. The van der Waals surface area contributed by atoms with Gasteiger partial charge in [0.05, 0.1) is 11.4 Å². The van der Waals surface area contributed by atoms with E-state index in [0.29, 0.717) is 5.75 Å². The van der Waals surface area contributed by atoms with Crippen molar-refractivity contribution in [1.82, 2.24) is 4.90 Å². The number of nitrogens with zero attached hydrogens (tertiary/aromatic N) is 2. The van der Waals surface area contributed by atoms with Crippen molar-refractivity contribution in [3.8, 4) is 0 Å². The number of anilines is 2. The molecule has 0 aliphatic rings. The van der Waals surface area contributed by atoms with Crippen LogP contribution in [0.4, 0.5) is 16.2 Å². The number of amides is 2. The monoisotopic (exact) mass is 330 g/mol. The highest BCUT2D eigenvalue weighted by Gasteiger charge is 2.25. The molecule has 0 heterocycles. The highest BCUT2D eigenvalue weighted by atomic mass is 32.2. The maximum absolute atomic E-state index is 13.0. The average Bonchev–Trinajstić information content (AvgIpc) is 2.55. The molecule has 23 heavy (non-hydrogen) atoms. The zero-order valence-corrected chi connectivity index (χ0v) is 14.5. The number of carbonyl (C=O) groups excluding carboxylic acids is 1. The summed E-state index contributed by atoms with van der Waals surface area (Å²) in [6.07, 6.45) is 1.65. The Labute approximate surface area is 140 Å². The van der Waals surface area contributed by atoms with Gasteiger partial charge in [-0.1, -0.05) is 36.4 Å². The smallest absolute Gasteiger partial charge is 0.323 e. The Hall–Kier alpha value is -2.14. The first-order chi connectivity index (χ1) is 11.0. The first kappa shape index (κ1) is 17.2. The molecule has 0 saturated heterocycles. The van der Waals surface area contributed by atoms with Gasteiger partial charge in [0.25, 0.3) is 0 Å². The molecule has 0 aliphatic carbocycles. The normalized spacial score (nSPS) is 13.2. The van der Waals surface area contributed by atoms with Gasteiger partial charge >= 0.3 is 6.03 Å². The molecular formula is C18H22N2O2S. The summed E-state index contributed by atoms with van der Waals surface area (Å²) in [6, 6.07) is 18.8. The number of hydrogen-bond donors (Lipinski definition) is 0. The molecule has 2 amide bonds. The second kappa shape index (κ2) is 7.92. The molecule has 0 radical (unpaired) electrons. The van der Waals surface area contributed by atoms with Gasteiger partial charge in [0.15, 0.2) is 0 Å². The third kappa shape index (κ3) is 4.42. The summed E-state index contributed by atoms with van der Waals surface area (Å²) in [5.41, 5.74) is 1.61. The SMILES string of the molecule is C[C@@H](C[S@](C)=O)N(C)C(=O)N(c1ccccc1)c1ccccc1. The van der Waals surface area contributed by atoms with Crippen LogP contribution in [0.5, 0.6) is 0 Å². The van der Waals surface area contributed by atoms with Crippen LogP contribution < -0.4 is 4.90 Å². The fourth-order valence-electron chi connectivity index (χ4n) is 2.32. The van der Waals surface area contributed by atoms with Crippen molar-refractivity contribution >= 4 is 28.2 Å². The van der Waals surface area contributed by atoms with Crippen LogP contribution >= 0.6 is 0 Å². The first-order valence-corrected chi connectivity index (χ1v) is 9.20. The van der Waals surface area contributed by atoms with Crippen molar-refractivity contribution in [2.24, 2.45) is 0 Å². The fourth-order valence-corrected chi connectivity index (χ4v) is 3.22. The van der Waals surface area contributed by atoms with Crippen LogP contribution in [0.25, 0.3) is 0 Å². The van der Waals surface area contributed by atoms with Crippen molar-refractivity contribution < 1.29 is 9.00 Å². The lowest BCUT2D eigenvalue weighted by Gasteiger charge is -2.31. The van der Waals surface area contributed by atoms with Gasteiger partial charge in [0, 0.05) is 35.9 Å². The number of para-hydroxylation sites is 2. The van der Waals surface area contributed by atoms with Crippen LogP contribution in [-0.2, 0) is 10.8 Å². The van der Waals surface area contributed by atoms with Crippen molar-refractivity contribution in [2.75, 3.05) is 24.0 Å². The number of rotatable bonds is 5. The molecule has 2 atom stereocenters. The molecule has 0 aliphatic heterocycles. The number of urea groups is 1. The van der Waals surface area contributed by atoms with Crippen LogP contribution in [0, 0.1) is 0 Å². The van der Waals surface area contributed by atoms with Crippen molar-refractivity contribution in [1.29, 1.82) is 0 Å². The van der Waals surface area contributed by atoms with E-state index in [4.69, 9.17) is 0 Å². The van der Waals surface area contributed by atoms with Crippen LogP contribution in [0.2, 0.25) is 0 Å². The first-order valence-electron chi connectivity index (χ1n) is 7.47. The molecule has 0 aromatic heterocycles. The largest absolute Gasteiger partial charge is 0.329 e. The minimum absolute atomic E-state index is 0.108. The van der Waals surface area contributed by atoms with Gasteiger partial charge in [0.2, 0.25) is 0 Å². The van der Waals surface area contributed by atoms with Gasteiger partial charge in [-0.05, 0) is 31.2 Å². The second-order valence-electron chi connectivity index (χ2n) is 5.49. The summed E-state index contributed by atoms with van der Waals surface area (Å²) in [7, 11) is 0.801. The quantitative estimate of drug-likeness (QED) is 0.840. The van der Waals surface area contributed by atoms with E-state index in [1.54, 1.807) is 23.1 Å². The molecule has 2 aromatic carbocycles. The number of hydrogen-bond acceptors (Lipinski definition) is 2. The Morgan fingerprint density at radius 2 is 1.43 bits per heavy atom. The minimum atomic E-state index is -0.947. The lowest BCUT2D eigenvalue weighted by molar-refractivity contribution is 0.207. The molecule has 4 nitrogen and oxygen atoms in total. The molecule has 2 rings (SSSR count). The minimum Gasteiger partial charge on any atom is -0.323 e. The van der Waals surface area contributed by atoms with Crippen molar-refractivity contribution in [3.05, 3.63) is 60.7 Å². The number of benzene rings is 2. The Kier molecular flexibility index (Phi) is 5.93. The van der Waals surface area contributed by atoms with Gasteiger partial charge in [-0.25, -0.2) is 4.79 Å². The summed E-state index contributed by atoms with van der Waals surface area (Å²) in [6.45, 7) is 1.91. The average molecular weight is 330 g/mol. The Bertz CT molecular complexity index is 622. The molecule has 0 saturated carbocycles. The van der Waals surface area contributed by atoms with Gasteiger partial charge < -0.3 is 4.90 Å². The van der Waals surface area contributed by atoms with Crippen molar-refractivity contribution in [3.63, 3.8) is 0 Å². The zero-order chi connectivity index (χ0) is 16.8. The molecule has 0 spiro atoms. The molecule has 0 unspecified atom stereocenters. The van der Waals surface area contributed by atoms with E-state index in [1.807, 2.05) is 67.6 Å². The van der Waals surface area contributed by atoms with E-state index in [0.717, 1.165) is 11.4 Å². The highest BCUT2D eigenvalue weighted by Crippen LogP contribution is 2.26. The molecule has 0 fully saturated rings. The fraction of sp³-hybridized carbons (Fsp3) is 0.278. The standard InChI is InChI=1S/C18H22N2O2S/c1-15(14-23(3)22)19(2)18(21)20(16-10-6-4-7-11-16)17-12-8-5-9-13-17/h4-13,15H,14H2,1-3H3/t15-,23-/m0/s1. The summed E-state index contributed by atoms with van der Waals surface area (Å²) in [4.78, 5) is 16.3. The summed E-state index contributed by atoms with van der Waals surface area (Å²) in [5.74, 6) is 0.458. The lowest BCUT2D eigenvalue weighted by atomic mass is 10.2. The molecule has 0 N–H and O–H groups in total. The molecule has 5 heteroatoms. The summed E-state index contributed by atoms with van der Waals surface area (Å²) in [5, 5.41) is 0. The highest BCUT2D eigenvalue weighted by molar-refractivity contribution is 7.84. The predicted molar refractivity (Wildman–Crippen MR) is 96.6 cm³/mol. The van der Waals surface area contributed by atoms with Crippen LogP contribution in [-0.4, -0.2) is 40.2 Å². The molecule has 0 bridgehead atoms. The van der Waals surface area contributed by atoms with Crippen LogP contribution in [0.3, 0.4) is 0 Å². The van der Waals surface area contributed by atoms with E-state index in [-0.39, 0.29) is 12.1 Å². The van der Waals surface area contributed by atoms with Crippen LogP contribution in [0.15, 0.2) is 60.7 Å². The van der Waals surface area contributed by atoms with E-state index in [2.05, 4.69) is 0 Å². The lowest BCUT2D eigenvalue weighted by Crippen LogP contribution is -2.45. The maximum Gasteiger partial charge on any atom is 0.329 e. The third-order valence-corrected chi connectivity index (χ3v) is 4.61. The third-order valence-electron chi connectivity index (χ3n) is 3.66. The topological polar surface area (TPSA) is 40.6 Å². The van der Waals surface area contributed by atoms with Crippen molar-refractivity contribution in [2.45, 2.75) is 13.0 Å². The Morgan fingerprint density at radius 3 is 1.83 bits per heavy atom. The van der Waals surface area contributed by atoms with E-state index in [1.165, 1.54) is 0 Å². The van der Waals surface area contributed by atoms with Gasteiger partial charge in [0.1, 0.15) is 0 Å². The maximum atomic E-state index is 13.0. The molecular weight excluding hydrogens is 308 g/mol. The molecule has 2 aromatic rings.